The van der Waals surface area contributed by atoms with Gasteiger partial charge in [0.15, 0.2) is 5.78 Å². The number of hydrogen-bond acceptors (Lipinski definition) is 4. The number of carbonyl (C=O) groups is 1. The third-order valence-electron chi connectivity index (χ3n) is 3.82. The van der Waals surface area contributed by atoms with Gasteiger partial charge in [-0.15, -0.1) is 0 Å². The number of Topliss-reactive ketones (excluding diaryl/α,β-unsaturated/α-hetero) is 1. The lowest BCUT2D eigenvalue weighted by Crippen LogP contribution is -2.57. The Bertz CT molecular complexity index is 428. The second-order valence-corrected chi connectivity index (χ2v) is 8.21. The van der Waals surface area contributed by atoms with Gasteiger partial charge in [-0.2, -0.15) is 0 Å². The first-order valence-electron chi connectivity index (χ1n) is 6.60. The van der Waals surface area contributed by atoms with E-state index in [-0.39, 0.29) is 11.7 Å². The van der Waals surface area contributed by atoms with E-state index in [1.54, 1.807) is 0 Å². The molecule has 1 rings (SSSR count). The van der Waals surface area contributed by atoms with Crippen LogP contribution in [0.25, 0.3) is 0 Å². The van der Waals surface area contributed by atoms with E-state index in [9.17, 15) is 4.79 Å². The maximum atomic E-state index is 12.6. The summed E-state index contributed by atoms with van der Waals surface area (Å²) in [6.45, 7) is 11.8. The molecule has 0 amide bonds. The summed E-state index contributed by atoms with van der Waals surface area (Å²) >= 11 is 16.7. The van der Waals surface area contributed by atoms with Crippen molar-refractivity contribution in [1.29, 1.82) is 0 Å². The van der Waals surface area contributed by atoms with Crippen LogP contribution in [-0.2, 0) is 4.79 Å². The predicted octanol–water partition coefficient (Wildman–Crippen LogP) is 4.39. The molecule has 106 valence electrons. The topological polar surface area (TPSA) is 17.1 Å². The molecule has 1 fully saturated rings. The van der Waals surface area contributed by atoms with Crippen LogP contribution < -0.4 is 0 Å². The van der Waals surface area contributed by atoms with Gasteiger partial charge in [-0.1, -0.05) is 50.5 Å². The molecular weight excluding hydrogens is 292 g/mol. The van der Waals surface area contributed by atoms with Gasteiger partial charge in [-0.05, 0) is 40.0 Å². The summed E-state index contributed by atoms with van der Waals surface area (Å²) in [7, 11) is 0. The third kappa shape index (κ3) is 2.86. The fraction of sp³-hybridized carbons (Fsp3) is 0.733. The van der Waals surface area contributed by atoms with Gasteiger partial charge in [0.05, 0.1) is 16.7 Å². The van der Waals surface area contributed by atoms with E-state index in [1.165, 1.54) is 0 Å². The lowest BCUT2D eigenvalue weighted by atomic mass is 9.59. The Morgan fingerprint density at radius 3 is 1.79 bits per heavy atom. The Morgan fingerprint density at radius 1 is 1.11 bits per heavy atom. The molecule has 1 nitrogen and oxygen atoms in total. The molecule has 0 aromatic rings. The summed E-state index contributed by atoms with van der Waals surface area (Å²) in [5.74, 6) is 0.422. The smallest absolute Gasteiger partial charge is 0.153 e. The van der Waals surface area contributed by atoms with Gasteiger partial charge >= 0.3 is 0 Å². The third-order valence-corrected chi connectivity index (χ3v) is 5.72. The highest BCUT2D eigenvalue weighted by molar-refractivity contribution is 7.84. The Kier molecular flexibility index (Phi) is 4.81. The number of carbonyl (C=O) groups excluding carboxylic acids is 1. The molecule has 19 heavy (non-hydrogen) atoms. The highest BCUT2D eigenvalue weighted by Gasteiger charge is 2.54. The molecule has 0 N–H and O–H groups in total. The molecule has 1 saturated carbocycles. The molecule has 4 heteroatoms. The van der Waals surface area contributed by atoms with E-state index >= 15 is 0 Å². The maximum Gasteiger partial charge on any atom is 0.153 e. The van der Waals surface area contributed by atoms with Crippen molar-refractivity contribution in [3.05, 3.63) is 0 Å². The van der Waals surface area contributed by atoms with Crippen LogP contribution in [-0.4, -0.2) is 20.4 Å². The van der Waals surface area contributed by atoms with E-state index in [0.717, 1.165) is 11.3 Å². The molecule has 0 aromatic carbocycles. The quantitative estimate of drug-likeness (QED) is 0.718. The average Bonchev–Trinajstić information content (AvgIpc) is 2.25. The fourth-order valence-electron chi connectivity index (χ4n) is 2.66. The Balaban J connectivity index is 3.25. The zero-order chi connectivity index (χ0) is 15.2. The van der Waals surface area contributed by atoms with Crippen molar-refractivity contribution in [2.75, 3.05) is 0 Å². The predicted molar refractivity (Wildman–Crippen MR) is 93.3 cm³/mol. The van der Waals surface area contributed by atoms with Gasteiger partial charge in [0, 0.05) is 14.6 Å². The standard InChI is InChI=1S/C15H22OS3/c1-8(2)7-9(17)10-11(18)14(3,4)13(16)15(5,6)12(10)19/h8,10H,7H2,1-6H3. The first kappa shape index (κ1) is 17.0. The van der Waals surface area contributed by atoms with E-state index < -0.39 is 10.8 Å². The Labute approximate surface area is 132 Å². The normalized spacial score (nSPS) is 23.0. The Hall–Kier alpha value is -0.0600. The molecule has 0 heterocycles. The molecule has 0 aliphatic heterocycles. The summed E-state index contributed by atoms with van der Waals surface area (Å²) in [5, 5.41) is 0. The van der Waals surface area contributed by atoms with Crippen molar-refractivity contribution >= 4 is 57.0 Å². The molecule has 0 spiro atoms. The number of rotatable bonds is 3. The summed E-state index contributed by atoms with van der Waals surface area (Å²) in [4.78, 5) is 14.9. The zero-order valence-electron chi connectivity index (χ0n) is 12.5. The second-order valence-electron chi connectivity index (χ2n) is 6.80. The Morgan fingerprint density at radius 2 is 1.47 bits per heavy atom. The second kappa shape index (κ2) is 5.38. The van der Waals surface area contributed by atoms with Crippen LogP contribution in [0.4, 0.5) is 0 Å². The van der Waals surface area contributed by atoms with Crippen LogP contribution in [0.5, 0.6) is 0 Å². The first-order valence-corrected chi connectivity index (χ1v) is 7.82. The van der Waals surface area contributed by atoms with Crippen LogP contribution in [0.15, 0.2) is 0 Å². The minimum absolute atomic E-state index is 0.110. The molecule has 0 radical (unpaired) electrons. The monoisotopic (exact) mass is 314 g/mol. The van der Waals surface area contributed by atoms with Crippen LogP contribution in [0.1, 0.15) is 48.0 Å². The summed E-state index contributed by atoms with van der Waals surface area (Å²) in [6, 6.07) is 0. The highest BCUT2D eigenvalue weighted by Crippen LogP contribution is 2.43. The van der Waals surface area contributed by atoms with Gasteiger partial charge in [0.25, 0.3) is 0 Å². The van der Waals surface area contributed by atoms with E-state index in [4.69, 9.17) is 36.7 Å². The fourth-order valence-corrected chi connectivity index (χ4v) is 4.16. The first-order chi connectivity index (χ1) is 8.44. The molecular formula is C15H22OS3. The lowest BCUT2D eigenvalue weighted by Gasteiger charge is -2.45. The molecule has 1 aliphatic carbocycles. The molecule has 0 unspecified atom stereocenters. The van der Waals surface area contributed by atoms with Crippen LogP contribution in [0.2, 0.25) is 0 Å². The molecule has 0 aromatic heterocycles. The summed E-state index contributed by atoms with van der Waals surface area (Å²) in [6.07, 6.45) is 0.820. The van der Waals surface area contributed by atoms with Gasteiger partial charge in [0.1, 0.15) is 0 Å². The molecule has 0 saturated heterocycles. The minimum atomic E-state index is -0.632. The van der Waals surface area contributed by atoms with Gasteiger partial charge in [-0.3, -0.25) is 4.79 Å². The molecule has 1 aliphatic rings. The molecule has 0 bridgehead atoms. The van der Waals surface area contributed by atoms with Crippen LogP contribution >= 0.6 is 36.7 Å². The van der Waals surface area contributed by atoms with Crippen LogP contribution in [0, 0.1) is 22.7 Å². The summed E-state index contributed by atoms with van der Waals surface area (Å²) < 4.78 is 0. The van der Waals surface area contributed by atoms with Crippen LogP contribution in [0.3, 0.4) is 0 Å². The van der Waals surface area contributed by atoms with E-state index in [1.807, 2.05) is 27.7 Å². The molecule has 0 atom stereocenters. The van der Waals surface area contributed by atoms with E-state index in [2.05, 4.69) is 13.8 Å². The zero-order valence-corrected chi connectivity index (χ0v) is 14.9. The van der Waals surface area contributed by atoms with Crippen molar-refractivity contribution in [1.82, 2.24) is 0 Å². The minimum Gasteiger partial charge on any atom is -0.298 e. The van der Waals surface area contributed by atoms with Gasteiger partial charge in [0.2, 0.25) is 0 Å². The number of thiocarbonyl (C=S) groups is 3. The van der Waals surface area contributed by atoms with Crippen molar-refractivity contribution in [3.63, 3.8) is 0 Å². The average molecular weight is 315 g/mol. The van der Waals surface area contributed by atoms with Gasteiger partial charge in [-0.25, -0.2) is 0 Å². The highest BCUT2D eigenvalue weighted by atomic mass is 32.1. The van der Waals surface area contributed by atoms with Crippen molar-refractivity contribution in [2.24, 2.45) is 22.7 Å². The summed E-state index contributed by atoms with van der Waals surface area (Å²) in [5.41, 5.74) is -1.26. The SMILES string of the molecule is CC(C)CC(=S)C1C(=S)C(C)(C)C(=O)C(C)(C)C1=S. The van der Waals surface area contributed by atoms with Gasteiger partial charge < -0.3 is 0 Å². The largest absolute Gasteiger partial charge is 0.298 e. The van der Waals surface area contributed by atoms with Crippen molar-refractivity contribution < 1.29 is 4.79 Å². The van der Waals surface area contributed by atoms with E-state index in [0.29, 0.717) is 15.6 Å². The van der Waals surface area contributed by atoms with Crippen molar-refractivity contribution in [2.45, 2.75) is 48.0 Å². The number of ketones is 1. The lowest BCUT2D eigenvalue weighted by molar-refractivity contribution is -0.129. The maximum absolute atomic E-state index is 12.6. The van der Waals surface area contributed by atoms with Crippen molar-refractivity contribution in [3.8, 4) is 0 Å². The number of hydrogen-bond donors (Lipinski definition) is 0.